The van der Waals surface area contributed by atoms with Crippen LogP contribution in [0.25, 0.3) is 0 Å². The van der Waals surface area contributed by atoms with E-state index >= 15 is 0 Å². The Kier molecular flexibility index (Phi) is 6.96. The van der Waals surface area contributed by atoms with E-state index in [1.165, 1.54) is 11.3 Å². The molecular weight excluding hydrogens is 348 g/mol. The first-order chi connectivity index (χ1) is 11.2. The fourth-order valence-corrected chi connectivity index (χ4v) is 3.45. The molecule has 1 aromatic carbocycles. The first kappa shape index (κ1) is 18.6. The number of aromatic nitrogens is 2. The summed E-state index contributed by atoms with van der Waals surface area (Å²) in [7, 11) is 1.65. The summed E-state index contributed by atoms with van der Waals surface area (Å²) in [5.74, 6) is 0.818. The Bertz CT molecular complexity index is 674. The van der Waals surface area contributed by atoms with Crippen LogP contribution >= 0.6 is 23.7 Å². The minimum absolute atomic E-state index is 0. The summed E-state index contributed by atoms with van der Waals surface area (Å²) in [6.45, 7) is 1.00. The molecule has 2 aromatic rings. The number of carbonyl (C=O) groups excluding carboxylic acids is 1. The number of benzene rings is 1. The van der Waals surface area contributed by atoms with Crippen LogP contribution in [-0.4, -0.2) is 35.8 Å². The van der Waals surface area contributed by atoms with Gasteiger partial charge in [-0.3, -0.25) is 4.79 Å². The molecule has 130 valence electrons. The summed E-state index contributed by atoms with van der Waals surface area (Å²) >= 11 is 1.41. The van der Waals surface area contributed by atoms with E-state index < -0.39 is 0 Å². The Hall–Kier alpha value is -1.70. The molecule has 8 heteroatoms. The number of ether oxygens (including phenoxy) is 1. The molecule has 1 atom stereocenters. The molecule has 24 heavy (non-hydrogen) atoms. The number of nitrogens with one attached hydrogen (secondary N) is 2. The number of hydrogen-bond acceptors (Lipinski definition) is 6. The van der Waals surface area contributed by atoms with Gasteiger partial charge in [-0.25, -0.2) is 0 Å². The lowest BCUT2D eigenvalue weighted by Gasteiger charge is -2.08. The highest BCUT2D eigenvalue weighted by atomic mass is 35.5. The smallest absolute Gasteiger partial charge is 0.227 e. The van der Waals surface area contributed by atoms with Crippen molar-refractivity contribution in [1.82, 2.24) is 15.5 Å². The van der Waals surface area contributed by atoms with Crippen LogP contribution in [0, 0.1) is 0 Å². The normalized spacial score (nSPS) is 16.5. The van der Waals surface area contributed by atoms with Crippen LogP contribution in [0.3, 0.4) is 0 Å². The fourth-order valence-electron chi connectivity index (χ4n) is 2.66. The fraction of sp³-hybridized carbons (Fsp3) is 0.438. The Morgan fingerprint density at radius 2 is 2.33 bits per heavy atom. The third kappa shape index (κ3) is 5.15. The van der Waals surface area contributed by atoms with Crippen molar-refractivity contribution < 1.29 is 9.53 Å². The lowest BCUT2D eigenvalue weighted by molar-refractivity contribution is -0.116. The zero-order valence-electron chi connectivity index (χ0n) is 13.4. The highest BCUT2D eigenvalue weighted by Crippen LogP contribution is 2.21. The molecule has 2 N–H and O–H groups in total. The van der Waals surface area contributed by atoms with Gasteiger partial charge in [-0.2, -0.15) is 0 Å². The van der Waals surface area contributed by atoms with Gasteiger partial charge in [0, 0.05) is 18.9 Å². The van der Waals surface area contributed by atoms with E-state index in [9.17, 15) is 4.79 Å². The molecule has 0 saturated carbocycles. The third-order valence-corrected chi connectivity index (χ3v) is 4.64. The second kappa shape index (κ2) is 8.96. The van der Waals surface area contributed by atoms with Gasteiger partial charge in [0.25, 0.3) is 0 Å². The zero-order chi connectivity index (χ0) is 16.1. The average Bonchev–Trinajstić information content (AvgIpc) is 3.20. The third-order valence-electron chi connectivity index (χ3n) is 3.80. The van der Waals surface area contributed by atoms with Crippen molar-refractivity contribution in [1.29, 1.82) is 0 Å². The van der Waals surface area contributed by atoms with Crippen LogP contribution < -0.4 is 15.4 Å². The first-order valence-corrected chi connectivity index (χ1v) is 8.53. The van der Waals surface area contributed by atoms with Gasteiger partial charge in [-0.15, -0.1) is 22.6 Å². The number of methoxy groups -OCH3 is 1. The number of amides is 1. The molecule has 0 radical (unpaired) electrons. The van der Waals surface area contributed by atoms with Crippen molar-refractivity contribution in [2.75, 3.05) is 19.0 Å². The number of hydrogen-bond donors (Lipinski definition) is 2. The molecule has 1 unspecified atom stereocenters. The summed E-state index contributed by atoms with van der Waals surface area (Å²) in [6, 6.07) is 8.15. The van der Waals surface area contributed by atoms with Gasteiger partial charge in [0.15, 0.2) is 0 Å². The quantitative estimate of drug-likeness (QED) is 0.819. The summed E-state index contributed by atoms with van der Waals surface area (Å²) in [6.07, 6.45) is 3.37. The molecule has 2 heterocycles. The monoisotopic (exact) mass is 368 g/mol. The lowest BCUT2D eigenvalue weighted by atomic mass is 10.1. The van der Waals surface area contributed by atoms with Gasteiger partial charge in [0.05, 0.1) is 7.11 Å². The van der Waals surface area contributed by atoms with E-state index in [-0.39, 0.29) is 18.3 Å². The van der Waals surface area contributed by atoms with Gasteiger partial charge >= 0.3 is 0 Å². The first-order valence-electron chi connectivity index (χ1n) is 7.71. The molecule has 1 amide bonds. The van der Waals surface area contributed by atoms with E-state index in [4.69, 9.17) is 4.74 Å². The maximum absolute atomic E-state index is 12.0. The van der Waals surface area contributed by atoms with Crippen molar-refractivity contribution in [3.05, 3.63) is 34.8 Å². The van der Waals surface area contributed by atoms with E-state index in [1.807, 2.05) is 24.3 Å². The molecule has 1 aromatic heterocycles. The molecule has 0 spiro atoms. The molecule has 0 aliphatic carbocycles. The van der Waals surface area contributed by atoms with Crippen LogP contribution in [0.4, 0.5) is 5.13 Å². The predicted octanol–water partition coefficient (Wildman–Crippen LogP) is 2.64. The van der Waals surface area contributed by atoms with Gasteiger partial charge in [-0.05, 0) is 37.1 Å². The van der Waals surface area contributed by atoms with Gasteiger partial charge < -0.3 is 15.4 Å². The molecular formula is C16H21ClN4O2S. The SMILES string of the molecule is COc1cccc(Cc2nnc(NC(=O)CC3CCCN3)s2)c1.Cl. The van der Waals surface area contributed by atoms with Crippen LogP contribution in [0.2, 0.25) is 0 Å². The number of nitrogens with zero attached hydrogens (tertiary/aromatic N) is 2. The second-order valence-electron chi connectivity index (χ2n) is 5.57. The maximum Gasteiger partial charge on any atom is 0.227 e. The molecule has 3 rings (SSSR count). The minimum atomic E-state index is -0.00604. The van der Waals surface area contributed by atoms with Crippen LogP contribution in [0.15, 0.2) is 24.3 Å². The maximum atomic E-state index is 12.0. The van der Waals surface area contributed by atoms with E-state index in [1.54, 1.807) is 7.11 Å². The average molecular weight is 369 g/mol. The predicted molar refractivity (Wildman–Crippen MR) is 97.2 cm³/mol. The molecule has 0 bridgehead atoms. The van der Waals surface area contributed by atoms with E-state index in [0.29, 0.717) is 24.0 Å². The Balaban J connectivity index is 0.00000208. The summed E-state index contributed by atoms with van der Waals surface area (Å²) < 4.78 is 5.22. The largest absolute Gasteiger partial charge is 0.497 e. The highest BCUT2D eigenvalue weighted by molar-refractivity contribution is 7.15. The van der Waals surface area contributed by atoms with Crippen molar-refractivity contribution in [3.8, 4) is 5.75 Å². The Labute approximate surface area is 151 Å². The summed E-state index contributed by atoms with van der Waals surface area (Å²) in [4.78, 5) is 12.0. The molecule has 1 fully saturated rings. The van der Waals surface area contributed by atoms with E-state index in [0.717, 1.165) is 35.7 Å². The van der Waals surface area contributed by atoms with Crippen LogP contribution in [-0.2, 0) is 11.2 Å². The molecule has 1 aliphatic rings. The number of anilines is 1. The van der Waals surface area contributed by atoms with Gasteiger partial charge in [-0.1, -0.05) is 23.5 Å². The van der Waals surface area contributed by atoms with Gasteiger partial charge in [0.1, 0.15) is 10.8 Å². The van der Waals surface area contributed by atoms with Crippen LogP contribution in [0.1, 0.15) is 29.8 Å². The van der Waals surface area contributed by atoms with Crippen molar-refractivity contribution in [2.45, 2.75) is 31.7 Å². The second-order valence-corrected chi connectivity index (χ2v) is 6.64. The minimum Gasteiger partial charge on any atom is -0.497 e. The van der Waals surface area contributed by atoms with Crippen molar-refractivity contribution in [2.24, 2.45) is 0 Å². The van der Waals surface area contributed by atoms with Gasteiger partial charge in [0.2, 0.25) is 11.0 Å². The van der Waals surface area contributed by atoms with Crippen molar-refractivity contribution in [3.63, 3.8) is 0 Å². The Morgan fingerprint density at radius 1 is 1.46 bits per heavy atom. The van der Waals surface area contributed by atoms with Crippen molar-refractivity contribution >= 4 is 34.8 Å². The zero-order valence-corrected chi connectivity index (χ0v) is 15.1. The molecule has 6 nitrogen and oxygen atoms in total. The number of carbonyl (C=O) groups is 1. The number of halogens is 1. The standard InChI is InChI=1S/C16H20N4O2S.ClH/c1-22-13-6-2-4-11(8-13)9-15-19-20-16(23-15)18-14(21)10-12-5-3-7-17-12;/h2,4,6,8,12,17H,3,5,7,9-10H2,1H3,(H,18,20,21);1H. The molecule has 1 saturated heterocycles. The highest BCUT2D eigenvalue weighted by Gasteiger charge is 2.18. The van der Waals surface area contributed by atoms with Crippen LogP contribution in [0.5, 0.6) is 5.75 Å². The molecule has 1 aliphatic heterocycles. The Morgan fingerprint density at radius 3 is 3.08 bits per heavy atom. The topological polar surface area (TPSA) is 76.1 Å². The number of rotatable bonds is 6. The summed E-state index contributed by atoms with van der Waals surface area (Å²) in [5, 5.41) is 15.8. The summed E-state index contributed by atoms with van der Waals surface area (Å²) in [5.41, 5.74) is 1.11. The lowest BCUT2D eigenvalue weighted by Crippen LogP contribution is -2.27. The van der Waals surface area contributed by atoms with E-state index in [2.05, 4.69) is 20.8 Å².